The van der Waals surface area contributed by atoms with Crippen LogP contribution in [-0.2, 0) is 4.79 Å². The molecule has 0 amide bonds. The molecule has 0 bridgehead atoms. The van der Waals surface area contributed by atoms with E-state index in [1.54, 1.807) is 0 Å². The summed E-state index contributed by atoms with van der Waals surface area (Å²) in [5.41, 5.74) is 0.509. The highest BCUT2D eigenvalue weighted by molar-refractivity contribution is 5.84. The van der Waals surface area contributed by atoms with Crippen molar-refractivity contribution in [1.29, 1.82) is 0 Å². The monoisotopic (exact) mass is 239 g/mol. The van der Waals surface area contributed by atoms with Crippen molar-refractivity contribution in [3.8, 4) is 0 Å². The minimum atomic E-state index is -0.586. The maximum atomic E-state index is 13.2. The highest BCUT2D eigenvalue weighted by atomic mass is 19.1. The van der Waals surface area contributed by atoms with Crippen LogP contribution < -0.4 is 4.90 Å². The number of piperidine rings is 1. The maximum absolute atomic E-state index is 13.2. The number of anilines is 1. The van der Waals surface area contributed by atoms with E-state index in [4.69, 9.17) is 0 Å². The second-order valence-corrected chi connectivity index (χ2v) is 4.57. The number of hydrogen-bond acceptors (Lipinski definition) is 2. The predicted molar refractivity (Wildman–Crippen MR) is 62.0 cm³/mol. The average molecular weight is 239 g/mol. The van der Waals surface area contributed by atoms with Crippen LogP contribution in [0.15, 0.2) is 18.2 Å². The van der Waals surface area contributed by atoms with E-state index in [-0.39, 0.29) is 17.7 Å². The van der Waals surface area contributed by atoms with Crippen molar-refractivity contribution in [1.82, 2.24) is 0 Å². The van der Waals surface area contributed by atoms with Gasteiger partial charge in [-0.15, -0.1) is 0 Å². The number of Topliss-reactive ketones (excluding diaryl/α,β-unsaturated/α-hetero) is 1. The van der Waals surface area contributed by atoms with Gasteiger partial charge in [0, 0.05) is 36.7 Å². The standard InChI is InChI=1S/C13H15F2NO/c1-8-9(2)16(4-3-13(8)17)12-6-10(14)5-11(15)7-12/h5-9H,3-4H2,1-2H3. The van der Waals surface area contributed by atoms with Crippen molar-refractivity contribution < 1.29 is 13.6 Å². The molecule has 2 nitrogen and oxygen atoms in total. The molecule has 1 aromatic carbocycles. The molecule has 1 aromatic rings. The first-order valence-electron chi connectivity index (χ1n) is 5.74. The van der Waals surface area contributed by atoms with Crippen LogP contribution in [-0.4, -0.2) is 18.4 Å². The van der Waals surface area contributed by atoms with Gasteiger partial charge in [-0.3, -0.25) is 4.79 Å². The smallest absolute Gasteiger partial charge is 0.139 e. The fourth-order valence-electron chi connectivity index (χ4n) is 2.27. The molecular weight excluding hydrogens is 224 g/mol. The first kappa shape index (κ1) is 12.0. The fraction of sp³-hybridized carbons (Fsp3) is 0.462. The average Bonchev–Trinajstić information content (AvgIpc) is 2.24. The van der Waals surface area contributed by atoms with Crippen LogP contribution in [0, 0.1) is 17.6 Å². The van der Waals surface area contributed by atoms with Crippen molar-refractivity contribution in [3.05, 3.63) is 29.8 Å². The molecular formula is C13H15F2NO. The Hall–Kier alpha value is -1.45. The zero-order valence-electron chi connectivity index (χ0n) is 9.91. The minimum Gasteiger partial charge on any atom is -0.368 e. The summed E-state index contributed by atoms with van der Waals surface area (Å²) < 4.78 is 26.3. The van der Waals surface area contributed by atoms with Crippen LogP contribution in [0.1, 0.15) is 20.3 Å². The quantitative estimate of drug-likeness (QED) is 0.751. The minimum absolute atomic E-state index is 0.0301. The zero-order chi connectivity index (χ0) is 12.6. The fourth-order valence-corrected chi connectivity index (χ4v) is 2.27. The lowest BCUT2D eigenvalue weighted by molar-refractivity contribution is -0.123. The van der Waals surface area contributed by atoms with E-state index in [0.29, 0.717) is 18.7 Å². The summed E-state index contributed by atoms with van der Waals surface area (Å²) in [5, 5.41) is 0. The Morgan fingerprint density at radius 3 is 2.35 bits per heavy atom. The molecule has 0 spiro atoms. The second-order valence-electron chi connectivity index (χ2n) is 4.57. The summed E-state index contributed by atoms with van der Waals surface area (Å²) in [7, 11) is 0. The van der Waals surface area contributed by atoms with Crippen LogP contribution >= 0.6 is 0 Å². The third-order valence-corrected chi connectivity index (χ3v) is 3.50. The molecule has 1 heterocycles. The van der Waals surface area contributed by atoms with Gasteiger partial charge < -0.3 is 4.90 Å². The Balaban J connectivity index is 2.30. The molecule has 0 aromatic heterocycles. The highest BCUT2D eigenvalue weighted by Crippen LogP contribution is 2.27. The van der Waals surface area contributed by atoms with Crippen LogP contribution in [0.2, 0.25) is 0 Å². The Labute approximate surface area is 99.2 Å². The number of rotatable bonds is 1. The second kappa shape index (κ2) is 4.43. The molecule has 1 aliphatic rings. The van der Waals surface area contributed by atoms with Crippen LogP contribution in [0.3, 0.4) is 0 Å². The molecule has 0 saturated carbocycles. The van der Waals surface area contributed by atoms with E-state index in [1.165, 1.54) is 12.1 Å². The van der Waals surface area contributed by atoms with Crippen molar-refractivity contribution in [3.63, 3.8) is 0 Å². The zero-order valence-corrected chi connectivity index (χ0v) is 9.91. The number of nitrogens with zero attached hydrogens (tertiary/aromatic N) is 1. The van der Waals surface area contributed by atoms with Gasteiger partial charge in [-0.05, 0) is 19.1 Å². The molecule has 0 radical (unpaired) electrons. The largest absolute Gasteiger partial charge is 0.368 e. The summed E-state index contributed by atoms with van der Waals surface area (Å²) in [6, 6.07) is 3.44. The lowest BCUT2D eigenvalue weighted by atomic mass is 9.90. The molecule has 92 valence electrons. The SMILES string of the molecule is CC1C(=O)CCN(c2cc(F)cc(F)c2)C1C. The number of halogens is 2. The Morgan fingerprint density at radius 1 is 1.18 bits per heavy atom. The Kier molecular flexibility index (Phi) is 3.13. The lowest BCUT2D eigenvalue weighted by Gasteiger charge is -2.38. The van der Waals surface area contributed by atoms with Crippen molar-refractivity contribution in [2.24, 2.45) is 5.92 Å². The number of benzene rings is 1. The first-order valence-corrected chi connectivity index (χ1v) is 5.74. The van der Waals surface area contributed by atoms with Crippen molar-refractivity contribution in [2.75, 3.05) is 11.4 Å². The van der Waals surface area contributed by atoms with Gasteiger partial charge in [-0.1, -0.05) is 6.92 Å². The summed E-state index contributed by atoms with van der Waals surface area (Å²) in [5.74, 6) is -1.06. The molecule has 4 heteroatoms. The maximum Gasteiger partial charge on any atom is 0.139 e. The number of hydrogen-bond donors (Lipinski definition) is 0. The predicted octanol–water partition coefficient (Wildman–Crippen LogP) is 2.77. The molecule has 2 unspecified atom stereocenters. The third kappa shape index (κ3) is 2.30. The van der Waals surface area contributed by atoms with Gasteiger partial charge in [0.15, 0.2) is 0 Å². The van der Waals surface area contributed by atoms with Gasteiger partial charge >= 0.3 is 0 Å². The van der Waals surface area contributed by atoms with Gasteiger partial charge in [0.2, 0.25) is 0 Å². The van der Waals surface area contributed by atoms with E-state index >= 15 is 0 Å². The Morgan fingerprint density at radius 2 is 1.76 bits per heavy atom. The normalized spacial score (nSPS) is 25.2. The van der Waals surface area contributed by atoms with Crippen LogP contribution in [0.5, 0.6) is 0 Å². The molecule has 0 N–H and O–H groups in total. The Bertz CT molecular complexity index is 427. The summed E-state index contributed by atoms with van der Waals surface area (Å²) in [6.07, 6.45) is 0.434. The van der Waals surface area contributed by atoms with Gasteiger partial charge in [0.05, 0.1) is 0 Å². The molecule has 1 aliphatic heterocycles. The van der Waals surface area contributed by atoms with Crippen LogP contribution in [0.25, 0.3) is 0 Å². The molecule has 1 saturated heterocycles. The van der Waals surface area contributed by atoms with Gasteiger partial charge in [0.25, 0.3) is 0 Å². The van der Waals surface area contributed by atoms with E-state index in [1.807, 2.05) is 18.7 Å². The highest BCUT2D eigenvalue weighted by Gasteiger charge is 2.31. The summed E-state index contributed by atoms with van der Waals surface area (Å²) in [6.45, 7) is 4.28. The number of ketones is 1. The van der Waals surface area contributed by atoms with E-state index < -0.39 is 11.6 Å². The van der Waals surface area contributed by atoms with E-state index in [2.05, 4.69) is 0 Å². The topological polar surface area (TPSA) is 20.3 Å². The third-order valence-electron chi connectivity index (χ3n) is 3.50. The molecule has 2 atom stereocenters. The van der Waals surface area contributed by atoms with E-state index in [9.17, 15) is 13.6 Å². The molecule has 0 aliphatic carbocycles. The van der Waals surface area contributed by atoms with Gasteiger partial charge in [-0.25, -0.2) is 8.78 Å². The summed E-state index contributed by atoms with van der Waals surface area (Å²) >= 11 is 0. The number of carbonyl (C=O) groups is 1. The molecule has 17 heavy (non-hydrogen) atoms. The van der Waals surface area contributed by atoms with Crippen molar-refractivity contribution in [2.45, 2.75) is 26.3 Å². The van der Waals surface area contributed by atoms with Crippen molar-refractivity contribution >= 4 is 11.5 Å². The molecule has 2 rings (SSSR count). The summed E-state index contributed by atoms with van der Waals surface area (Å²) in [4.78, 5) is 13.4. The lowest BCUT2D eigenvalue weighted by Crippen LogP contribution is -2.47. The van der Waals surface area contributed by atoms with Gasteiger partial charge in [0.1, 0.15) is 17.4 Å². The number of carbonyl (C=O) groups excluding carboxylic acids is 1. The molecule has 1 fully saturated rings. The van der Waals surface area contributed by atoms with E-state index in [0.717, 1.165) is 6.07 Å². The first-order chi connectivity index (χ1) is 7.99. The van der Waals surface area contributed by atoms with Crippen LogP contribution in [0.4, 0.5) is 14.5 Å². The van der Waals surface area contributed by atoms with Gasteiger partial charge in [-0.2, -0.15) is 0 Å².